The van der Waals surface area contributed by atoms with Crippen molar-refractivity contribution in [1.29, 1.82) is 0 Å². The highest BCUT2D eigenvalue weighted by Gasteiger charge is 2.60. The summed E-state index contributed by atoms with van der Waals surface area (Å²) in [6.45, 7) is 23.4. The van der Waals surface area contributed by atoms with Crippen LogP contribution in [0.4, 0.5) is 11.4 Å². The van der Waals surface area contributed by atoms with Crippen molar-refractivity contribution in [3.05, 3.63) is 120 Å². The molecule has 2 saturated carbocycles. The van der Waals surface area contributed by atoms with Crippen molar-refractivity contribution in [3.63, 3.8) is 0 Å². The van der Waals surface area contributed by atoms with Crippen molar-refractivity contribution >= 4 is 38.6 Å². The second kappa shape index (κ2) is 21.5. The minimum Gasteiger partial charge on any atom is -1.00 e. The molecule has 4 aromatic rings. The summed E-state index contributed by atoms with van der Waals surface area (Å²) in [4.78, 5) is 2.58. The molecule has 1 atom stereocenters. The zero-order chi connectivity index (χ0) is 46.7. The monoisotopic (exact) mass is 924 g/mol. The SMILES string of the molecule is CC(C)C1CC2(CCCCC2)N(O)C12CCCCC2.CCCCN1\C(=C/C=C/C=C/C2=[N+](CCCCCC(C)C)c3ccc4ccccc4c3C2(C)C)C(C)(C)c2c1ccc1ccccc21.[Cl-]. The molecule has 4 nitrogen and oxygen atoms in total. The van der Waals surface area contributed by atoms with Gasteiger partial charge < -0.3 is 22.5 Å². The summed E-state index contributed by atoms with van der Waals surface area (Å²) in [5, 5.41) is 18.5. The molecule has 0 aromatic heterocycles. The van der Waals surface area contributed by atoms with Crippen LogP contribution >= 0.6 is 0 Å². The van der Waals surface area contributed by atoms with Gasteiger partial charge >= 0.3 is 0 Å². The van der Waals surface area contributed by atoms with Gasteiger partial charge in [0.05, 0.1) is 5.41 Å². The molecule has 1 N–H and O–H groups in total. The van der Waals surface area contributed by atoms with Crippen LogP contribution in [0, 0.1) is 17.8 Å². The van der Waals surface area contributed by atoms with E-state index in [1.807, 2.05) is 5.06 Å². The van der Waals surface area contributed by atoms with E-state index in [1.165, 1.54) is 165 Å². The summed E-state index contributed by atoms with van der Waals surface area (Å²) in [7, 11) is 0. The Morgan fingerprint density at radius 3 is 1.96 bits per heavy atom. The van der Waals surface area contributed by atoms with E-state index < -0.39 is 0 Å². The number of anilines is 1. The lowest BCUT2D eigenvalue weighted by Crippen LogP contribution is -3.00. The van der Waals surface area contributed by atoms with Crippen LogP contribution in [-0.2, 0) is 10.8 Å². The summed E-state index contributed by atoms with van der Waals surface area (Å²) < 4.78 is 2.62. The quantitative estimate of drug-likeness (QED) is 0.0823. The van der Waals surface area contributed by atoms with E-state index in [2.05, 4.69) is 175 Å². The molecule has 1 unspecified atom stereocenters. The predicted molar refractivity (Wildman–Crippen MR) is 284 cm³/mol. The lowest BCUT2D eigenvalue weighted by Gasteiger charge is -2.48. The molecule has 2 spiro atoms. The van der Waals surface area contributed by atoms with Crippen molar-refractivity contribution in [2.45, 2.75) is 193 Å². The molecular formula is C62H86ClN3O. The zero-order valence-electron chi connectivity index (χ0n) is 43.1. The highest BCUT2D eigenvalue weighted by molar-refractivity contribution is 6.07. The smallest absolute Gasteiger partial charge is 0.210 e. The van der Waals surface area contributed by atoms with Crippen LogP contribution in [0.2, 0.25) is 0 Å². The first-order valence-corrected chi connectivity index (χ1v) is 26.8. The van der Waals surface area contributed by atoms with Crippen molar-refractivity contribution in [1.82, 2.24) is 5.06 Å². The molecule has 0 radical (unpaired) electrons. The predicted octanol–water partition coefficient (Wildman–Crippen LogP) is 13.9. The number of nitrogens with zero attached hydrogens (tertiary/aromatic N) is 3. The average Bonchev–Trinajstić information content (AvgIpc) is 3.77. The van der Waals surface area contributed by atoms with Gasteiger partial charge in [-0.1, -0.05) is 179 Å². The fourth-order valence-electron chi connectivity index (χ4n) is 13.8. The summed E-state index contributed by atoms with van der Waals surface area (Å²) in [6, 6.07) is 27.1. The Morgan fingerprint density at radius 2 is 1.31 bits per heavy atom. The molecule has 3 aliphatic heterocycles. The number of hydroxylamine groups is 2. The van der Waals surface area contributed by atoms with Crippen LogP contribution in [0.25, 0.3) is 21.5 Å². The van der Waals surface area contributed by atoms with Gasteiger partial charge in [0.2, 0.25) is 5.69 Å². The highest BCUT2D eigenvalue weighted by Crippen LogP contribution is 2.58. The Labute approximate surface area is 413 Å². The molecular weight excluding hydrogens is 838 g/mol. The number of allylic oxidation sites excluding steroid dienone is 6. The van der Waals surface area contributed by atoms with Crippen LogP contribution < -0.4 is 17.3 Å². The van der Waals surface area contributed by atoms with E-state index in [4.69, 9.17) is 0 Å². The van der Waals surface area contributed by atoms with Gasteiger partial charge in [-0.15, -0.1) is 0 Å². The van der Waals surface area contributed by atoms with E-state index in [0.29, 0.717) is 11.8 Å². The third-order valence-corrected chi connectivity index (χ3v) is 17.1. The molecule has 0 bridgehead atoms. The van der Waals surface area contributed by atoms with Crippen LogP contribution in [0.1, 0.15) is 183 Å². The second-order valence-electron chi connectivity index (χ2n) is 23.0. The lowest BCUT2D eigenvalue weighted by molar-refractivity contribution is -0.438. The van der Waals surface area contributed by atoms with Crippen molar-refractivity contribution in [3.8, 4) is 0 Å². The van der Waals surface area contributed by atoms with Gasteiger partial charge in [-0.05, 0) is 122 Å². The number of hydrogen-bond acceptors (Lipinski definition) is 3. The molecule has 2 aliphatic carbocycles. The number of rotatable bonds is 13. The zero-order valence-corrected chi connectivity index (χ0v) is 43.9. The topological polar surface area (TPSA) is 29.7 Å². The molecule has 362 valence electrons. The normalized spacial score (nSPS) is 22.2. The van der Waals surface area contributed by atoms with Gasteiger partial charge in [-0.25, -0.2) is 0 Å². The van der Waals surface area contributed by atoms with Crippen LogP contribution in [0.5, 0.6) is 0 Å². The van der Waals surface area contributed by atoms with Crippen molar-refractivity contribution in [2.24, 2.45) is 17.8 Å². The summed E-state index contributed by atoms with van der Waals surface area (Å²) in [5.41, 5.74) is 8.58. The third kappa shape index (κ3) is 9.90. The maximum atomic E-state index is 11.1. The lowest BCUT2D eigenvalue weighted by atomic mass is 9.69. The summed E-state index contributed by atoms with van der Waals surface area (Å²) >= 11 is 0. The number of hydrogen-bond donors (Lipinski definition) is 1. The van der Waals surface area contributed by atoms with Crippen LogP contribution in [-0.4, -0.2) is 44.7 Å². The number of halogens is 1. The van der Waals surface area contributed by atoms with E-state index >= 15 is 0 Å². The standard InChI is InChI=1S/C45H55N2.C17H31NO.ClH/c1-8-9-31-46-38-29-27-34-21-15-17-23-36(34)42(38)44(4,5)40(46)25-13-10-14-26-41-45(6,7)43-37-24-18-16-22-35(37)28-30-39(43)47(41)32-19-11-12-20-33(2)3;1-14(2)15-13-16(9-5-3-6-10-16)18(19)17(15)11-7-4-8-12-17;/h10,13-18,21-30,33H,8-9,11-12,19-20,31-32H2,1-7H3;14-15,19H,3-13H2,1-2H3;1H/q+1;;/p-1. The van der Waals surface area contributed by atoms with Crippen molar-refractivity contribution < 1.29 is 22.2 Å². The summed E-state index contributed by atoms with van der Waals surface area (Å²) in [5.74, 6) is 2.19. The average molecular weight is 925 g/mol. The second-order valence-corrected chi connectivity index (χ2v) is 23.0. The minimum absolute atomic E-state index is 0. The first-order valence-electron chi connectivity index (χ1n) is 26.8. The van der Waals surface area contributed by atoms with E-state index in [0.717, 1.165) is 19.0 Å². The van der Waals surface area contributed by atoms with E-state index in [1.54, 1.807) is 0 Å². The summed E-state index contributed by atoms with van der Waals surface area (Å²) in [6.07, 6.45) is 33.2. The molecule has 5 aliphatic rings. The first kappa shape index (κ1) is 51.2. The molecule has 1 saturated heterocycles. The van der Waals surface area contributed by atoms with Gasteiger partial charge in [0.1, 0.15) is 6.54 Å². The van der Waals surface area contributed by atoms with Crippen molar-refractivity contribution in [2.75, 3.05) is 18.0 Å². The molecule has 4 aromatic carbocycles. The third-order valence-electron chi connectivity index (χ3n) is 17.1. The fraction of sp³-hybridized carbons (Fsp3) is 0.565. The maximum Gasteiger partial charge on any atom is 0.210 e. The van der Waals surface area contributed by atoms with E-state index in [-0.39, 0.29) is 34.3 Å². The number of fused-ring (bicyclic) bond motifs is 6. The molecule has 3 fully saturated rings. The Kier molecular flexibility index (Phi) is 16.4. The Bertz CT molecular complexity index is 2440. The molecule has 3 heterocycles. The molecule has 67 heavy (non-hydrogen) atoms. The molecule has 5 heteroatoms. The van der Waals surface area contributed by atoms with Crippen LogP contribution in [0.15, 0.2) is 109 Å². The largest absolute Gasteiger partial charge is 1.00 e. The van der Waals surface area contributed by atoms with Gasteiger partial charge in [0.15, 0.2) is 5.71 Å². The van der Waals surface area contributed by atoms with Gasteiger partial charge in [-0.3, -0.25) is 0 Å². The van der Waals surface area contributed by atoms with E-state index in [9.17, 15) is 5.21 Å². The van der Waals surface area contributed by atoms with Gasteiger partial charge in [0.25, 0.3) is 0 Å². The van der Waals surface area contributed by atoms with Gasteiger partial charge in [-0.2, -0.15) is 9.64 Å². The minimum atomic E-state index is -0.0793. The maximum absolute atomic E-state index is 11.1. The van der Waals surface area contributed by atoms with Gasteiger partial charge in [0, 0.05) is 58.5 Å². The highest BCUT2D eigenvalue weighted by atomic mass is 35.5. The number of benzene rings is 4. The Balaban J connectivity index is 0.000000277. The fourth-order valence-corrected chi connectivity index (χ4v) is 13.8. The molecule has 9 rings (SSSR count). The Hall–Kier alpha value is -3.70. The Morgan fingerprint density at radius 1 is 0.687 bits per heavy atom. The molecule has 0 amide bonds. The van der Waals surface area contributed by atoms with Crippen LogP contribution in [0.3, 0.4) is 0 Å². The first-order chi connectivity index (χ1) is 31.8. The number of unbranched alkanes of at least 4 members (excludes halogenated alkanes) is 3.